The first-order valence-electron chi connectivity index (χ1n) is 8.04. The summed E-state index contributed by atoms with van der Waals surface area (Å²) in [6.07, 6.45) is 4.90. The van der Waals surface area contributed by atoms with Crippen LogP contribution in [0.1, 0.15) is 19.3 Å². The van der Waals surface area contributed by atoms with Crippen molar-refractivity contribution < 1.29 is 4.79 Å². The van der Waals surface area contributed by atoms with E-state index in [4.69, 9.17) is 17.3 Å². The molecule has 1 aliphatic carbocycles. The van der Waals surface area contributed by atoms with Crippen LogP contribution in [0, 0.1) is 11.8 Å². The lowest BCUT2D eigenvalue weighted by atomic mass is 9.94. The standard InChI is InChI=1S/C16H23ClN4O.2ClH/c17-13-4-5-15(19-11-13)20-6-8-21(9-7-20)16(22)14-3-1-2-12(14)10-18;;/h4-5,11-12,14H,1-3,6-10,18H2;2*1H/t12-,14-;;/m1../s1. The summed E-state index contributed by atoms with van der Waals surface area (Å²) in [5.74, 6) is 1.75. The van der Waals surface area contributed by atoms with Crippen molar-refractivity contribution in [2.24, 2.45) is 17.6 Å². The molecule has 8 heteroatoms. The molecule has 1 aromatic heterocycles. The van der Waals surface area contributed by atoms with E-state index in [1.54, 1.807) is 6.20 Å². The number of aromatic nitrogens is 1. The van der Waals surface area contributed by atoms with Gasteiger partial charge in [-0.1, -0.05) is 18.0 Å². The van der Waals surface area contributed by atoms with E-state index in [0.29, 0.717) is 23.4 Å². The van der Waals surface area contributed by atoms with Gasteiger partial charge < -0.3 is 15.5 Å². The van der Waals surface area contributed by atoms with E-state index >= 15 is 0 Å². The van der Waals surface area contributed by atoms with Crippen LogP contribution in [-0.2, 0) is 4.79 Å². The molecule has 1 amide bonds. The third kappa shape index (κ3) is 4.66. The Morgan fingerprint density at radius 1 is 1.21 bits per heavy atom. The first-order chi connectivity index (χ1) is 10.7. The maximum Gasteiger partial charge on any atom is 0.226 e. The topological polar surface area (TPSA) is 62.5 Å². The SMILES string of the molecule is Cl.Cl.NC[C@H]1CCC[C@H]1C(=O)N1CCN(c2ccc(Cl)cn2)CC1. The fourth-order valence-corrected chi connectivity index (χ4v) is 3.70. The molecule has 1 aliphatic heterocycles. The Bertz CT molecular complexity index is 521. The second kappa shape index (κ2) is 9.66. The minimum Gasteiger partial charge on any atom is -0.353 e. The number of carbonyl (C=O) groups is 1. The fraction of sp³-hybridized carbons (Fsp3) is 0.625. The minimum atomic E-state index is 0. The molecule has 136 valence electrons. The molecular formula is C16H25Cl3N4O. The van der Waals surface area contributed by atoms with Crippen LogP contribution in [0.3, 0.4) is 0 Å². The van der Waals surface area contributed by atoms with Crippen molar-refractivity contribution in [2.45, 2.75) is 19.3 Å². The van der Waals surface area contributed by atoms with Gasteiger partial charge in [-0.2, -0.15) is 0 Å². The van der Waals surface area contributed by atoms with Gasteiger partial charge in [0.25, 0.3) is 0 Å². The van der Waals surface area contributed by atoms with Gasteiger partial charge in [-0.05, 0) is 37.4 Å². The lowest BCUT2D eigenvalue weighted by Crippen LogP contribution is -2.51. The van der Waals surface area contributed by atoms with Crippen molar-refractivity contribution in [1.29, 1.82) is 0 Å². The van der Waals surface area contributed by atoms with Crippen molar-refractivity contribution in [3.8, 4) is 0 Å². The van der Waals surface area contributed by atoms with Gasteiger partial charge in [0.05, 0.1) is 5.02 Å². The van der Waals surface area contributed by atoms with Crippen LogP contribution in [-0.4, -0.2) is 48.5 Å². The fourth-order valence-electron chi connectivity index (χ4n) is 3.59. The Morgan fingerprint density at radius 3 is 2.50 bits per heavy atom. The molecule has 2 aliphatic rings. The summed E-state index contributed by atoms with van der Waals surface area (Å²) in [6.45, 7) is 3.79. The molecular weight excluding hydrogens is 371 g/mol. The van der Waals surface area contributed by atoms with Crippen LogP contribution in [0.4, 0.5) is 5.82 Å². The minimum absolute atomic E-state index is 0. The Hall–Kier alpha value is -0.750. The molecule has 2 atom stereocenters. The zero-order chi connectivity index (χ0) is 15.5. The number of piperazine rings is 1. The highest BCUT2D eigenvalue weighted by atomic mass is 35.5. The molecule has 0 bridgehead atoms. The van der Waals surface area contributed by atoms with Gasteiger partial charge in [0.1, 0.15) is 5.82 Å². The Labute approximate surface area is 160 Å². The average molecular weight is 396 g/mol. The molecule has 24 heavy (non-hydrogen) atoms. The largest absolute Gasteiger partial charge is 0.353 e. The summed E-state index contributed by atoms with van der Waals surface area (Å²) in [5.41, 5.74) is 5.80. The molecule has 2 fully saturated rings. The summed E-state index contributed by atoms with van der Waals surface area (Å²) in [5, 5.41) is 0.645. The zero-order valence-corrected chi connectivity index (χ0v) is 16.0. The van der Waals surface area contributed by atoms with Gasteiger partial charge in [-0.15, -0.1) is 24.8 Å². The molecule has 0 radical (unpaired) electrons. The van der Waals surface area contributed by atoms with Crippen molar-refractivity contribution >= 4 is 48.1 Å². The average Bonchev–Trinajstić information content (AvgIpc) is 3.04. The van der Waals surface area contributed by atoms with Crippen LogP contribution < -0.4 is 10.6 Å². The second-order valence-electron chi connectivity index (χ2n) is 6.18. The molecule has 1 aromatic rings. The van der Waals surface area contributed by atoms with E-state index in [1.807, 2.05) is 17.0 Å². The number of hydrogen-bond acceptors (Lipinski definition) is 4. The third-order valence-electron chi connectivity index (χ3n) is 4.91. The number of carbonyl (C=O) groups excluding carboxylic acids is 1. The van der Waals surface area contributed by atoms with Crippen LogP contribution in [0.15, 0.2) is 18.3 Å². The first kappa shape index (κ1) is 21.3. The molecule has 0 unspecified atom stereocenters. The maximum absolute atomic E-state index is 12.7. The van der Waals surface area contributed by atoms with Crippen LogP contribution in [0.25, 0.3) is 0 Å². The Morgan fingerprint density at radius 2 is 1.92 bits per heavy atom. The van der Waals surface area contributed by atoms with E-state index in [0.717, 1.165) is 51.3 Å². The molecule has 5 nitrogen and oxygen atoms in total. The number of halogens is 3. The lowest BCUT2D eigenvalue weighted by Gasteiger charge is -2.37. The number of hydrogen-bond donors (Lipinski definition) is 1. The number of rotatable bonds is 3. The van der Waals surface area contributed by atoms with Gasteiger partial charge in [-0.3, -0.25) is 4.79 Å². The number of pyridine rings is 1. The van der Waals surface area contributed by atoms with Crippen LogP contribution >= 0.6 is 36.4 Å². The Balaban J connectivity index is 0.00000144. The van der Waals surface area contributed by atoms with Crippen molar-refractivity contribution in [1.82, 2.24) is 9.88 Å². The van der Waals surface area contributed by atoms with Crippen LogP contribution in [0.2, 0.25) is 5.02 Å². The predicted octanol–water partition coefficient (Wildman–Crippen LogP) is 2.60. The molecule has 1 saturated carbocycles. The summed E-state index contributed by atoms with van der Waals surface area (Å²) in [6, 6.07) is 3.78. The number of anilines is 1. The molecule has 3 rings (SSSR count). The highest BCUT2D eigenvalue weighted by Crippen LogP contribution is 2.32. The quantitative estimate of drug-likeness (QED) is 0.854. The zero-order valence-electron chi connectivity index (χ0n) is 13.6. The van der Waals surface area contributed by atoms with Gasteiger partial charge >= 0.3 is 0 Å². The summed E-state index contributed by atoms with van der Waals surface area (Å²) >= 11 is 5.87. The van der Waals surface area contributed by atoms with E-state index in [1.165, 1.54) is 0 Å². The van der Waals surface area contributed by atoms with Gasteiger partial charge in [0.15, 0.2) is 0 Å². The first-order valence-corrected chi connectivity index (χ1v) is 8.42. The number of nitrogens with two attached hydrogens (primary N) is 1. The maximum atomic E-state index is 12.7. The van der Waals surface area contributed by atoms with Crippen LogP contribution in [0.5, 0.6) is 0 Å². The second-order valence-corrected chi connectivity index (χ2v) is 6.62. The van der Waals surface area contributed by atoms with E-state index in [2.05, 4.69) is 9.88 Å². The molecule has 0 spiro atoms. The summed E-state index contributed by atoms with van der Waals surface area (Å²) < 4.78 is 0. The van der Waals surface area contributed by atoms with E-state index in [-0.39, 0.29) is 30.7 Å². The third-order valence-corrected chi connectivity index (χ3v) is 5.13. The molecule has 0 aromatic carbocycles. The number of nitrogens with zero attached hydrogens (tertiary/aromatic N) is 3. The number of amides is 1. The predicted molar refractivity (Wildman–Crippen MR) is 102 cm³/mol. The normalized spacial score (nSPS) is 23.4. The van der Waals surface area contributed by atoms with Crippen molar-refractivity contribution in [3.63, 3.8) is 0 Å². The van der Waals surface area contributed by atoms with E-state index in [9.17, 15) is 4.79 Å². The Kier molecular flexibility index (Phi) is 8.57. The van der Waals surface area contributed by atoms with E-state index < -0.39 is 0 Å². The lowest BCUT2D eigenvalue weighted by molar-refractivity contribution is -0.136. The highest BCUT2D eigenvalue weighted by molar-refractivity contribution is 6.30. The van der Waals surface area contributed by atoms with Gasteiger partial charge in [0, 0.05) is 38.3 Å². The molecule has 2 N–H and O–H groups in total. The summed E-state index contributed by atoms with van der Waals surface area (Å²) in [4.78, 5) is 21.2. The smallest absolute Gasteiger partial charge is 0.226 e. The van der Waals surface area contributed by atoms with Gasteiger partial charge in [-0.25, -0.2) is 4.98 Å². The van der Waals surface area contributed by atoms with Crippen molar-refractivity contribution in [2.75, 3.05) is 37.6 Å². The van der Waals surface area contributed by atoms with Gasteiger partial charge in [0.2, 0.25) is 5.91 Å². The molecule has 2 heterocycles. The monoisotopic (exact) mass is 394 g/mol. The summed E-state index contributed by atoms with van der Waals surface area (Å²) in [7, 11) is 0. The van der Waals surface area contributed by atoms with Crippen molar-refractivity contribution in [3.05, 3.63) is 23.4 Å². The molecule has 1 saturated heterocycles. The highest BCUT2D eigenvalue weighted by Gasteiger charge is 2.35.